The number of nitrogens with zero attached hydrogens (tertiary/aromatic N) is 2. The van der Waals surface area contributed by atoms with Crippen molar-refractivity contribution < 1.29 is 8.78 Å². The lowest BCUT2D eigenvalue weighted by atomic mass is 9.90. The zero-order chi connectivity index (χ0) is 17.1. The quantitative estimate of drug-likeness (QED) is 0.886. The molecule has 24 heavy (non-hydrogen) atoms. The van der Waals surface area contributed by atoms with Gasteiger partial charge in [-0.15, -0.1) is 0 Å². The standard InChI is InChI=1S/C19H25F2N3/c1-13(2)9-15-10-22-23-19(15)14-5-4-8-24(11-14)12-16-17(20)6-3-7-18(16)21/h3,6-7,10,13-14H,4-5,8-9,11-12H2,1-2H3,(H,22,23)/t14-/m0/s1. The Morgan fingerprint density at radius 2 is 2.04 bits per heavy atom. The van der Waals surface area contributed by atoms with Gasteiger partial charge in [-0.05, 0) is 49.4 Å². The second-order valence-electron chi connectivity index (χ2n) is 7.18. The van der Waals surface area contributed by atoms with E-state index in [4.69, 9.17) is 0 Å². The Morgan fingerprint density at radius 1 is 1.29 bits per heavy atom. The fraction of sp³-hybridized carbons (Fsp3) is 0.526. The van der Waals surface area contributed by atoms with Crippen LogP contribution in [0.1, 0.15) is 49.4 Å². The summed E-state index contributed by atoms with van der Waals surface area (Å²) in [6.45, 7) is 6.40. The highest BCUT2D eigenvalue weighted by Gasteiger charge is 2.26. The first-order valence-electron chi connectivity index (χ1n) is 8.72. The minimum atomic E-state index is -0.459. The lowest BCUT2D eigenvalue weighted by Gasteiger charge is -2.33. The molecule has 3 rings (SSSR count). The number of H-pyrrole nitrogens is 1. The van der Waals surface area contributed by atoms with Crippen LogP contribution in [-0.2, 0) is 13.0 Å². The van der Waals surface area contributed by atoms with Crippen molar-refractivity contribution in [1.29, 1.82) is 0 Å². The Morgan fingerprint density at radius 3 is 2.75 bits per heavy atom. The normalized spacial score (nSPS) is 19.1. The number of hydrogen-bond acceptors (Lipinski definition) is 2. The molecule has 2 aromatic rings. The van der Waals surface area contributed by atoms with Crippen LogP contribution in [0.3, 0.4) is 0 Å². The third kappa shape index (κ3) is 3.83. The average Bonchev–Trinajstić information content (AvgIpc) is 2.99. The molecule has 1 saturated heterocycles. The summed E-state index contributed by atoms with van der Waals surface area (Å²) in [5.41, 5.74) is 2.64. The molecular weight excluding hydrogens is 308 g/mol. The molecule has 1 atom stereocenters. The molecule has 0 aliphatic carbocycles. The minimum absolute atomic E-state index is 0.171. The molecule has 1 fully saturated rings. The van der Waals surface area contributed by atoms with Crippen molar-refractivity contribution in [2.45, 2.75) is 45.6 Å². The van der Waals surface area contributed by atoms with Gasteiger partial charge in [-0.25, -0.2) is 8.78 Å². The molecule has 0 unspecified atom stereocenters. The van der Waals surface area contributed by atoms with Gasteiger partial charge in [0.1, 0.15) is 11.6 Å². The monoisotopic (exact) mass is 333 g/mol. The Hall–Kier alpha value is -1.75. The second-order valence-corrected chi connectivity index (χ2v) is 7.18. The first-order chi connectivity index (χ1) is 11.5. The summed E-state index contributed by atoms with van der Waals surface area (Å²) in [7, 11) is 0. The van der Waals surface area contributed by atoms with Crippen LogP contribution in [0.15, 0.2) is 24.4 Å². The van der Waals surface area contributed by atoms with Crippen LogP contribution in [-0.4, -0.2) is 28.2 Å². The van der Waals surface area contributed by atoms with Gasteiger partial charge in [0.25, 0.3) is 0 Å². The Labute approximate surface area is 142 Å². The third-order valence-corrected chi connectivity index (χ3v) is 4.74. The van der Waals surface area contributed by atoms with Gasteiger partial charge < -0.3 is 0 Å². The van der Waals surface area contributed by atoms with Crippen LogP contribution in [0, 0.1) is 17.6 Å². The van der Waals surface area contributed by atoms with E-state index in [2.05, 4.69) is 28.9 Å². The van der Waals surface area contributed by atoms with Crippen LogP contribution < -0.4 is 0 Å². The van der Waals surface area contributed by atoms with E-state index in [9.17, 15) is 8.78 Å². The summed E-state index contributed by atoms with van der Waals surface area (Å²) in [6, 6.07) is 4.07. The molecule has 0 radical (unpaired) electrons. The molecule has 3 nitrogen and oxygen atoms in total. The van der Waals surface area contributed by atoms with E-state index in [1.807, 2.05) is 6.20 Å². The Bertz CT molecular complexity index is 661. The van der Waals surface area contributed by atoms with Crippen molar-refractivity contribution in [3.8, 4) is 0 Å². The highest BCUT2D eigenvalue weighted by molar-refractivity contribution is 5.23. The van der Waals surface area contributed by atoms with Crippen molar-refractivity contribution in [2.75, 3.05) is 13.1 Å². The van der Waals surface area contributed by atoms with Crippen molar-refractivity contribution >= 4 is 0 Å². The topological polar surface area (TPSA) is 31.9 Å². The van der Waals surface area contributed by atoms with Gasteiger partial charge in [0.05, 0.1) is 6.20 Å². The maximum atomic E-state index is 13.9. The van der Waals surface area contributed by atoms with E-state index in [0.717, 1.165) is 32.4 Å². The summed E-state index contributed by atoms with van der Waals surface area (Å²) < 4.78 is 27.8. The lowest BCUT2D eigenvalue weighted by molar-refractivity contribution is 0.193. The number of halogens is 2. The number of piperidine rings is 1. The van der Waals surface area contributed by atoms with Gasteiger partial charge in [0, 0.05) is 30.3 Å². The van der Waals surface area contributed by atoms with Gasteiger partial charge in [-0.2, -0.15) is 5.10 Å². The summed E-state index contributed by atoms with van der Waals surface area (Å²) in [4.78, 5) is 2.15. The zero-order valence-corrected chi connectivity index (χ0v) is 14.4. The maximum Gasteiger partial charge on any atom is 0.130 e. The maximum absolute atomic E-state index is 13.9. The fourth-order valence-electron chi connectivity index (χ4n) is 3.62. The van der Waals surface area contributed by atoms with E-state index in [-0.39, 0.29) is 5.56 Å². The van der Waals surface area contributed by atoms with Crippen molar-refractivity contribution in [3.05, 3.63) is 52.9 Å². The van der Waals surface area contributed by atoms with Gasteiger partial charge in [-0.1, -0.05) is 19.9 Å². The SMILES string of the molecule is CC(C)Cc1cn[nH]c1[C@H]1CCCN(Cc2c(F)cccc2F)C1. The van der Waals surface area contributed by atoms with Crippen LogP contribution in [0.4, 0.5) is 8.78 Å². The summed E-state index contributed by atoms with van der Waals surface area (Å²) >= 11 is 0. The summed E-state index contributed by atoms with van der Waals surface area (Å²) in [5.74, 6) is 0.0108. The molecule has 1 aromatic carbocycles. The minimum Gasteiger partial charge on any atom is -0.298 e. The molecule has 0 amide bonds. The van der Waals surface area contributed by atoms with Crippen LogP contribution in [0.5, 0.6) is 0 Å². The van der Waals surface area contributed by atoms with Gasteiger partial charge in [0.2, 0.25) is 0 Å². The molecule has 1 aliphatic rings. The molecule has 1 N–H and O–H groups in total. The molecule has 0 bridgehead atoms. The third-order valence-electron chi connectivity index (χ3n) is 4.74. The van der Waals surface area contributed by atoms with Gasteiger partial charge in [-0.3, -0.25) is 10.00 Å². The van der Waals surface area contributed by atoms with Crippen LogP contribution in [0.25, 0.3) is 0 Å². The van der Waals surface area contributed by atoms with E-state index >= 15 is 0 Å². The number of likely N-dealkylation sites (tertiary alicyclic amines) is 1. The van der Waals surface area contributed by atoms with E-state index in [1.165, 1.54) is 29.5 Å². The molecule has 1 aliphatic heterocycles. The zero-order valence-electron chi connectivity index (χ0n) is 14.4. The molecule has 5 heteroatoms. The van der Waals surface area contributed by atoms with Gasteiger partial charge in [0.15, 0.2) is 0 Å². The average molecular weight is 333 g/mol. The summed E-state index contributed by atoms with van der Waals surface area (Å²) in [5, 5.41) is 7.39. The molecule has 2 heterocycles. The van der Waals surface area contributed by atoms with E-state index in [1.54, 1.807) is 0 Å². The number of benzene rings is 1. The summed E-state index contributed by atoms with van der Waals surface area (Å²) in [6.07, 6.45) is 5.04. The predicted molar refractivity (Wildman–Crippen MR) is 90.7 cm³/mol. The smallest absolute Gasteiger partial charge is 0.130 e. The molecule has 0 spiro atoms. The highest BCUT2D eigenvalue weighted by Crippen LogP contribution is 2.30. The van der Waals surface area contributed by atoms with Gasteiger partial charge >= 0.3 is 0 Å². The predicted octanol–water partition coefficient (Wildman–Crippen LogP) is 4.27. The van der Waals surface area contributed by atoms with E-state index < -0.39 is 11.6 Å². The number of aromatic nitrogens is 2. The number of hydrogen-bond donors (Lipinski definition) is 1. The highest BCUT2D eigenvalue weighted by atomic mass is 19.1. The van der Waals surface area contributed by atoms with E-state index in [0.29, 0.717) is 18.4 Å². The first-order valence-corrected chi connectivity index (χ1v) is 8.72. The van der Waals surface area contributed by atoms with Crippen molar-refractivity contribution in [2.24, 2.45) is 5.92 Å². The van der Waals surface area contributed by atoms with Crippen molar-refractivity contribution in [3.63, 3.8) is 0 Å². The molecule has 130 valence electrons. The second kappa shape index (κ2) is 7.43. The number of rotatable bonds is 5. The van der Waals surface area contributed by atoms with Crippen molar-refractivity contribution in [1.82, 2.24) is 15.1 Å². The Balaban J connectivity index is 1.72. The molecule has 1 aromatic heterocycles. The lowest BCUT2D eigenvalue weighted by Crippen LogP contribution is -2.35. The first kappa shape index (κ1) is 17.1. The Kier molecular flexibility index (Phi) is 5.29. The van der Waals surface area contributed by atoms with Crippen LogP contribution in [0.2, 0.25) is 0 Å². The molecule has 0 saturated carbocycles. The number of aromatic amines is 1. The largest absolute Gasteiger partial charge is 0.298 e. The fourth-order valence-corrected chi connectivity index (χ4v) is 3.62. The van der Waals surface area contributed by atoms with Crippen LogP contribution >= 0.6 is 0 Å². The molecular formula is C19H25F2N3. The number of nitrogens with one attached hydrogen (secondary N) is 1.